The van der Waals surface area contributed by atoms with E-state index < -0.39 is 0 Å². The predicted molar refractivity (Wildman–Crippen MR) is 133 cm³/mol. The van der Waals surface area contributed by atoms with Gasteiger partial charge in [-0.2, -0.15) is 0 Å². The van der Waals surface area contributed by atoms with Crippen molar-refractivity contribution in [3.8, 4) is 11.3 Å². The van der Waals surface area contributed by atoms with Crippen molar-refractivity contribution in [3.63, 3.8) is 0 Å². The number of rotatable bonds is 4. The number of benzene rings is 1. The van der Waals surface area contributed by atoms with Crippen molar-refractivity contribution in [2.75, 3.05) is 13.2 Å². The van der Waals surface area contributed by atoms with Crippen molar-refractivity contribution < 1.29 is 4.74 Å². The molecule has 6 nitrogen and oxygen atoms in total. The lowest BCUT2D eigenvalue weighted by Gasteiger charge is -2.33. The van der Waals surface area contributed by atoms with Crippen LogP contribution < -0.4 is 0 Å². The lowest BCUT2D eigenvalue weighted by Crippen LogP contribution is -2.27. The standard InChI is InChI=1S/C26H27N5OS/c1-16-15-33-26-22-21(13-20(14-27-22)24-17(2)28-29-30(24)3)31(23(16)26)25(18-7-5-4-6-8-18)19-9-11-32-12-10-19/h4-8,13-15,19,25H,9-12H2,1-3H3. The Labute approximate surface area is 196 Å². The molecular formula is C26H27N5OS. The van der Waals surface area contributed by atoms with Gasteiger partial charge in [-0.05, 0) is 55.2 Å². The van der Waals surface area contributed by atoms with Gasteiger partial charge in [-0.15, -0.1) is 16.4 Å². The Balaban J connectivity index is 1.66. The lowest BCUT2D eigenvalue weighted by molar-refractivity contribution is 0.0553. The zero-order valence-corrected chi connectivity index (χ0v) is 20.0. The highest BCUT2D eigenvalue weighted by Gasteiger charge is 2.31. The van der Waals surface area contributed by atoms with E-state index in [4.69, 9.17) is 9.72 Å². The van der Waals surface area contributed by atoms with Crippen LogP contribution in [0.15, 0.2) is 48.0 Å². The number of aryl methyl sites for hydroxylation is 3. The second kappa shape index (κ2) is 8.08. The lowest BCUT2D eigenvalue weighted by atomic mass is 9.86. The number of pyridine rings is 1. The van der Waals surface area contributed by atoms with Crippen molar-refractivity contribution in [1.82, 2.24) is 24.5 Å². The van der Waals surface area contributed by atoms with Gasteiger partial charge in [0.2, 0.25) is 0 Å². The Hall–Kier alpha value is -3.03. The fourth-order valence-corrected chi connectivity index (χ4v) is 6.47. The van der Waals surface area contributed by atoms with Crippen molar-refractivity contribution in [1.29, 1.82) is 0 Å². The van der Waals surface area contributed by atoms with Crippen LogP contribution in [0.3, 0.4) is 0 Å². The quantitative estimate of drug-likeness (QED) is 0.348. The topological polar surface area (TPSA) is 57.8 Å². The Morgan fingerprint density at radius 3 is 2.64 bits per heavy atom. The van der Waals surface area contributed by atoms with Crippen LogP contribution in [0.5, 0.6) is 0 Å². The van der Waals surface area contributed by atoms with E-state index in [1.54, 1.807) is 11.3 Å². The molecule has 1 aliphatic heterocycles. The Morgan fingerprint density at radius 1 is 1.12 bits per heavy atom. The summed E-state index contributed by atoms with van der Waals surface area (Å²) in [7, 11) is 1.94. The fourth-order valence-electron chi connectivity index (χ4n) is 5.43. The van der Waals surface area contributed by atoms with E-state index in [2.05, 4.69) is 63.6 Å². The summed E-state index contributed by atoms with van der Waals surface area (Å²) in [4.78, 5) is 5.00. The minimum absolute atomic E-state index is 0.228. The summed E-state index contributed by atoms with van der Waals surface area (Å²) in [5, 5.41) is 10.7. The second-order valence-corrected chi connectivity index (χ2v) is 9.89. The number of hydrogen-bond acceptors (Lipinski definition) is 5. The van der Waals surface area contributed by atoms with Gasteiger partial charge in [0, 0.05) is 32.0 Å². The molecule has 0 bridgehead atoms. The van der Waals surface area contributed by atoms with Gasteiger partial charge in [-0.25, -0.2) is 4.68 Å². The van der Waals surface area contributed by atoms with Crippen molar-refractivity contribution in [3.05, 3.63) is 64.8 Å². The summed E-state index contributed by atoms with van der Waals surface area (Å²) in [6.07, 6.45) is 4.09. The number of hydrogen-bond donors (Lipinski definition) is 0. The Kier molecular flexibility index (Phi) is 5.03. The molecule has 4 aromatic heterocycles. The fraction of sp³-hybridized carbons (Fsp3) is 0.346. The summed E-state index contributed by atoms with van der Waals surface area (Å²) >= 11 is 1.80. The van der Waals surface area contributed by atoms with Crippen LogP contribution >= 0.6 is 11.3 Å². The van der Waals surface area contributed by atoms with Crippen LogP contribution in [0.1, 0.15) is 35.7 Å². The van der Waals surface area contributed by atoms with E-state index in [0.29, 0.717) is 5.92 Å². The summed E-state index contributed by atoms with van der Waals surface area (Å²) in [5.74, 6) is 0.503. The zero-order valence-electron chi connectivity index (χ0n) is 19.2. The Bertz CT molecular complexity index is 1420. The summed E-state index contributed by atoms with van der Waals surface area (Å²) in [6.45, 7) is 5.87. The molecule has 1 fully saturated rings. The molecule has 0 amide bonds. The van der Waals surface area contributed by atoms with Gasteiger partial charge in [0.15, 0.2) is 0 Å². The molecule has 0 aliphatic carbocycles. The van der Waals surface area contributed by atoms with E-state index in [9.17, 15) is 0 Å². The number of ether oxygens (including phenoxy) is 1. The van der Waals surface area contributed by atoms with E-state index >= 15 is 0 Å². The van der Waals surface area contributed by atoms with E-state index in [1.165, 1.54) is 26.9 Å². The SMILES string of the molecule is Cc1nnn(C)c1-c1cnc2c3scc(C)c3n(C(c3ccccc3)C3CCOCC3)c2c1. The first kappa shape index (κ1) is 20.6. The van der Waals surface area contributed by atoms with Crippen LogP contribution in [0.25, 0.3) is 32.5 Å². The molecule has 1 unspecified atom stereocenters. The van der Waals surface area contributed by atoms with Gasteiger partial charge >= 0.3 is 0 Å². The number of nitrogens with zero attached hydrogens (tertiary/aromatic N) is 5. The number of aromatic nitrogens is 5. The van der Waals surface area contributed by atoms with Crippen LogP contribution in [0.4, 0.5) is 0 Å². The third-order valence-electron chi connectivity index (χ3n) is 6.93. The monoisotopic (exact) mass is 457 g/mol. The van der Waals surface area contributed by atoms with Crippen molar-refractivity contribution in [2.24, 2.45) is 13.0 Å². The molecule has 0 spiro atoms. The molecule has 5 heterocycles. The van der Waals surface area contributed by atoms with Gasteiger partial charge < -0.3 is 9.30 Å². The molecule has 0 saturated carbocycles. The molecule has 1 saturated heterocycles. The first-order chi connectivity index (χ1) is 16.1. The molecular weight excluding hydrogens is 430 g/mol. The van der Waals surface area contributed by atoms with Crippen molar-refractivity contribution >= 4 is 32.6 Å². The van der Waals surface area contributed by atoms with Gasteiger partial charge in [0.1, 0.15) is 5.52 Å². The molecule has 1 aromatic carbocycles. The van der Waals surface area contributed by atoms with Crippen LogP contribution in [-0.2, 0) is 11.8 Å². The maximum absolute atomic E-state index is 5.75. The van der Waals surface area contributed by atoms with E-state index in [-0.39, 0.29) is 6.04 Å². The number of thiophene rings is 1. The maximum Gasteiger partial charge on any atom is 0.106 e. The second-order valence-electron chi connectivity index (χ2n) is 9.01. The summed E-state index contributed by atoms with van der Waals surface area (Å²) in [5.41, 5.74) is 9.19. The van der Waals surface area contributed by atoms with Crippen molar-refractivity contribution in [2.45, 2.75) is 32.7 Å². The average Bonchev–Trinajstić information content (AvgIpc) is 3.49. The maximum atomic E-state index is 5.75. The molecule has 1 aliphatic rings. The Morgan fingerprint density at radius 2 is 1.91 bits per heavy atom. The molecule has 5 aromatic rings. The summed E-state index contributed by atoms with van der Waals surface area (Å²) < 4.78 is 11.4. The van der Waals surface area contributed by atoms with E-state index in [1.807, 2.05) is 24.9 Å². The highest BCUT2D eigenvalue weighted by molar-refractivity contribution is 7.18. The van der Waals surface area contributed by atoms with Gasteiger partial charge in [-0.1, -0.05) is 35.5 Å². The molecule has 1 atom stereocenters. The average molecular weight is 458 g/mol. The third-order valence-corrected chi connectivity index (χ3v) is 8.02. The molecule has 6 rings (SSSR count). The highest BCUT2D eigenvalue weighted by atomic mass is 32.1. The minimum atomic E-state index is 0.228. The highest BCUT2D eigenvalue weighted by Crippen LogP contribution is 2.43. The molecule has 7 heteroatoms. The first-order valence-corrected chi connectivity index (χ1v) is 12.4. The van der Waals surface area contributed by atoms with Gasteiger partial charge in [0.25, 0.3) is 0 Å². The first-order valence-electron chi connectivity index (χ1n) is 11.5. The largest absolute Gasteiger partial charge is 0.381 e. The van der Waals surface area contributed by atoms with Crippen LogP contribution in [0, 0.1) is 19.8 Å². The molecule has 0 N–H and O–H groups in total. The normalized spacial score (nSPS) is 16.1. The van der Waals surface area contributed by atoms with Crippen LogP contribution in [-0.4, -0.2) is 37.8 Å². The van der Waals surface area contributed by atoms with Gasteiger partial charge in [0.05, 0.1) is 33.2 Å². The minimum Gasteiger partial charge on any atom is -0.381 e. The predicted octanol–water partition coefficient (Wildman–Crippen LogP) is 5.68. The molecule has 168 valence electrons. The van der Waals surface area contributed by atoms with E-state index in [0.717, 1.165) is 48.5 Å². The molecule has 0 radical (unpaired) electrons. The zero-order chi connectivity index (χ0) is 22.5. The smallest absolute Gasteiger partial charge is 0.106 e. The number of fused-ring (bicyclic) bond motifs is 3. The van der Waals surface area contributed by atoms with Gasteiger partial charge in [-0.3, -0.25) is 4.98 Å². The van der Waals surface area contributed by atoms with Crippen LogP contribution in [0.2, 0.25) is 0 Å². The molecule has 33 heavy (non-hydrogen) atoms. The third kappa shape index (κ3) is 3.30. The summed E-state index contributed by atoms with van der Waals surface area (Å²) in [6, 6.07) is 13.5.